The number of rotatable bonds is 6. The molecule has 0 bridgehead atoms. The molecule has 0 saturated heterocycles. The second kappa shape index (κ2) is 8.64. The molecule has 6 nitrogen and oxygen atoms in total. The number of hydrogen-bond acceptors (Lipinski definition) is 5. The number of carbonyl (C=O) groups is 2. The first-order chi connectivity index (χ1) is 12.7. The summed E-state index contributed by atoms with van der Waals surface area (Å²) in [4.78, 5) is 24.4. The molecular formula is C20H22FNO5. The van der Waals surface area contributed by atoms with Crippen LogP contribution in [0.3, 0.4) is 0 Å². The molecule has 0 radical (unpaired) electrons. The molecule has 0 aliphatic rings. The van der Waals surface area contributed by atoms with Crippen LogP contribution in [0.15, 0.2) is 48.5 Å². The van der Waals surface area contributed by atoms with Gasteiger partial charge in [-0.15, -0.1) is 0 Å². The highest BCUT2D eigenvalue weighted by atomic mass is 19.1. The van der Waals surface area contributed by atoms with Crippen LogP contribution >= 0.6 is 0 Å². The number of nitrogens with one attached hydrogen (secondary N) is 1. The van der Waals surface area contributed by atoms with E-state index in [0.717, 1.165) is 12.1 Å². The first-order valence-corrected chi connectivity index (χ1v) is 8.41. The van der Waals surface area contributed by atoms with Gasteiger partial charge in [0.25, 0.3) is 5.91 Å². The molecule has 2 rings (SSSR count). The largest absolute Gasteiger partial charge is 0.505 e. The average Bonchev–Trinajstić information content (AvgIpc) is 2.62. The molecular weight excluding hydrogens is 353 g/mol. The Kier molecular flexibility index (Phi) is 6.52. The van der Waals surface area contributed by atoms with Crippen LogP contribution in [0, 0.1) is 11.2 Å². The Balaban J connectivity index is 2.22. The Morgan fingerprint density at radius 1 is 1.19 bits per heavy atom. The molecule has 2 aromatic rings. The van der Waals surface area contributed by atoms with E-state index < -0.39 is 35.1 Å². The Hall–Kier alpha value is -2.93. The number of carbonyl (C=O) groups excluding carboxylic acids is 2. The molecule has 0 unspecified atom stereocenters. The third kappa shape index (κ3) is 5.27. The molecule has 0 aromatic heterocycles. The predicted molar refractivity (Wildman–Crippen MR) is 96.7 cm³/mol. The molecule has 0 heterocycles. The molecule has 0 spiro atoms. The van der Waals surface area contributed by atoms with Crippen molar-refractivity contribution in [2.24, 2.45) is 5.41 Å². The topological polar surface area (TPSA) is 95.9 Å². The number of phenols is 1. The molecule has 2 aromatic carbocycles. The van der Waals surface area contributed by atoms with Crippen LogP contribution < -0.4 is 5.32 Å². The molecule has 0 aliphatic carbocycles. The number of phenolic OH excluding ortho intramolecular Hbond substituents is 1. The number of aliphatic hydroxyl groups excluding tert-OH is 1. The number of hydrogen-bond donors (Lipinski definition) is 3. The number of halogens is 1. The summed E-state index contributed by atoms with van der Waals surface area (Å²) >= 11 is 0. The Morgan fingerprint density at radius 2 is 1.85 bits per heavy atom. The van der Waals surface area contributed by atoms with Gasteiger partial charge in [0.2, 0.25) is 0 Å². The molecule has 0 saturated carbocycles. The van der Waals surface area contributed by atoms with Crippen molar-refractivity contribution in [1.29, 1.82) is 0 Å². The van der Waals surface area contributed by atoms with Crippen LogP contribution in [0.2, 0.25) is 0 Å². The molecule has 1 atom stereocenters. The van der Waals surface area contributed by atoms with E-state index in [1.807, 2.05) is 0 Å². The van der Waals surface area contributed by atoms with Crippen LogP contribution in [-0.2, 0) is 4.74 Å². The Labute approximate surface area is 156 Å². The van der Waals surface area contributed by atoms with Crippen LogP contribution in [-0.4, -0.2) is 28.8 Å². The minimum atomic E-state index is -0.992. The van der Waals surface area contributed by atoms with Gasteiger partial charge in [0.15, 0.2) is 11.6 Å². The second-order valence-corrected chi connectivity index (χ2v) is 6.78. The Bertz CT molecular complexity index is 807. The van der Waals surface area contributed by atoms with Crippen LogP contribution in [0.4, 0.5) is 9.18 Å². The van der Waals surface area contributed by atoms with Gasteiger partial charge in [-0.1, -0.05) is 38.1 Å². The van der Waals surface area contributed by atoms with Crippen molar-refractivity contribution in [3.05, 3.63) is 65.5 Å². The SMILES string of the molecule is CC(C)(CCO)[C@H](OC(=O)NC(=O)c1ccccc1)c1ccc(O)c(F)c1. The van der Waals surface area contributed by atoms with Gasteiger partial charge in [0.1, 0.15) is 6.10 Å². The zero-order valence-electron chi connectivity index (χ0n) is 15.1. The van der Waals surface area contributed by atoms with E-state index in [9.17, 15) is 24.2 Å². The molecule has 144 valence electrons. The van der Waals surface area contributed by atoms with Crippen molar-refractivity contribution in [2.45, 2.75) is 26.4 Å². The van der Waals surface area contributed by atoms with E-state index in [0.29, 0.717) is 5.56 Å². The van der Waals surface area contributed by atoms with Crippen molar-refractivity contribution in [1.82, 2.24) is 5.32 Å². The van der Waals surface area contributed by atoms with Crippen LogP contribution in [0.5, 0.6) is 5.75 Å². The van der Waals surface area contributed by atoms with Crippen molar-refractivity contribution < 1.29 is 28.9 Å². The van der Waals surface area contributed by atoms with Gasteiger partial charge >= 0.3 is 6.09 Å². The van der Waals surface area contributed by atoms with Gasteiger partial charge in [-0.05, 0) is 36.2 Å². The Morgan fingerprint density at radius 3 is 2.44 bits per heavy atom. The van der Waals surface area contributed by atoms with E-state index in [2.05, 4.69) is 5.32 Å². The first-order valence-electron chi connectivity index (χ1n) is 8.41. The molecule has 0 fully saturated rings. The number of aliphatic hydroxyl groups is 1. The number of benzene rings is 2. The van der Waals surface area contributed by atoms with Gasteiger partial charge in [0, 0.05) is 17.6 Å². The van der Waals surface area contributed by atoms with Gasteiger partial charge < -0.3 is 14.9 Å². The van der Waals surface area contributed by atoms with E-state index >= 15 is 0 Å². The summed E-state index contributed by atoms with van der Waals surface area (Å²) in [6.45, 7) is 3.31. The summed E-state index contributed by atoms with van der Waals surface area (Å²) in [5.74, 6) is -2.01. The second-order valence-electron chi connectivity index (χ2n) is 6.78. The van der Waals surface area contributed by atoms with Crippen molar-refractivity contribution >= 4 is 12.0 Å². The maximum Gasteiger partial charge on any atom is 0.414 e. The zero-order chi connectivity index (χ0) is 20.0. The lowest BCUT2D eigenvalue weighted by Gasteiger charge is -2.33. The lowest BCUT2D eigenvalue weighted by molar-refractivity contribution is 0.00852. The minimum absolute atomic E-state index is 0.169. The van der Waals surface area contributed by atoms with E-state index in [4.69, 9.17) is 4.74 Å². The van der Waals surface area contributed by atoms with Gasteiger partial charge in [-0.3, -0.25) is 10.1 Å². The first kappa shape index (κ1) is 20.4. The highest BCUT2D eigenvalue weighted by molar-refractivity contribution is 6.02. The summed E-state index contributed by atoms with van der Waals surface area (Å²) in [7, 11) is 0. The molecule has 7 heteroatoms. The summed E-state index contributed by atoms with van der Waals surface area (Å²) in [6, 6.07) is 11.8. The third-order valence-corrected chi connectivity index (χ3v) is 4.22. The zero-order valence-corrected chi connectivity index (χ0v) is 15.1. The highest BCUT2D eigenvalue weighted by Gasteiger charge is 2.34. The van der Waals surface area contributed by atoms with Crippen molar-refractivity contribution in [3.63, 3.8) is 0 Å². The number of ether oxygens (including phenoxy) is 1. The average molecular weight is 375 g/mol. The maximum atomic E-state index is 13.8. The van der Waals surface area contributed by atoms with Crippen molar-refractivity contribution in [2.75, 3.05) is 6.61 Å². The van der Waals surface area contributed by atoms with Crippen LogP contribution in [0.25, 0.3) is 0 Å². The smallest absolute Gasteiger partial charge is 0.414 e. The maximum absolute atomic E-state index is 13.8. The van der Waals surface area contributed by atoms with Gasteiger partial charge in [-0.25, -0.2) is 9.18 Å². The quantitative estimate of drug-likeness (QED) is 0.718. The summed E-state index contributed by atoms with van der Waals surface area (Å²) in [5, 5.41) is 20.8. The molecule has 27 heavy (non-hydrogen) atoms. The lowest BCUT2D eigenvalue weighted by atomic mass is 9.80. The fraction of sp³-hybridized carbons (Fsp3) is 0.300. The van der Waals surface area contributed by atoms with E-state index in [-0.39, 0.29) is 18.6 Å². The fourth-order valence-electron chi connectivity index (χ4n) is 2.68. The standard InChI is InChI=1S/C20H22FNO5/c1-20(2,10-11-23)17(14-8-9-16(24)15(21)12-14)27-19(26)22-18(25)13-6-4-3-5-7-13/h3-9,12,17,23-24H,10-11H2,1-2H3,(H,22,25,26)/t17-/m1/s1. The monoisotopic (exact) mass is 375 g/mol. The number of alkyl carbamates (subject to hydrolysis) is 1. The van der Waals surface area contributed by atoms with Gasteiger partial charge in [0.05, 0.1) is 0 Å². The van der Waals surface area contributed by atoms with E-state index in [1.165, 1.54) is 6.07 Å². The summed E-state index contributed by atoms with van der Waals surface area (Å²) in [5.41, 5.74) is -0.173. The predicted octanol–water partition coefficient (Wildman–Crippen LogP) is 3.55. The number of aromatic hydroxyl groups is 1. The summed E-state index contributed by atoms with van der Waals surface area (Å²) < 4.78 is 19.2. The third-order valence-electron chi connectivity index (χ3n) is 4.22. The molecule has 2 amide bonds. The fourth-order valence-corrected chi connectivity index (χ4v) is 2.68. The molecule has 3 N–H and O–H groups in total. The van der Waals surface area contributed by atoms with Gasteiger partial charge in [-0.2, -0.15) is 0 Å². The van der Waals surface area contributed by atoms with Crippen LogP contribution in [0.1, 0.15) is 42.3 Å². The minimum Gasteiger partial charge on any atom is -0.505 e. The number of amides is 2. The number of imide groups is 1. The van der Waals surface area contributed by atoms with E-state index in [1.54, 1.807) is 44.2 Å². The summed E-state index contributed by atoms with van der Waals surface area (Å²) in [6.07, 6.45) is -1.68. The lowest BCUT2D eigenvalue weighted by Crippen LogP contribution is -2.36. The van der Waals surface area contributed by atoms with Crippen molar-refractivity contribution in [3.8, 4) is 5.75 Å². The normalized spacial score (nSPS) is 12.3. The molecule has 0 aliphatic heterocycles. The highest BCUT2D eigenvalue weighted by Crippen LogP contribution is 2.40.